The molecule has 3 fully saturated rings. The zero-order chi connectivity index (χ0) is 20.4. The van der Waals surface area contributed by atoms with E-state index in [1.54, 1.807) is 0 Å². The van der Waals surface area contributed by atoms with Gasteiger partial charge in [-0.3, -0.25) is 4.90 Å². The summed E-state index contributed by atoms with van der Waals surface area (Å²) in [5.41, 5.74) is 0.574. The first-order valence-electron chi connectivity index (χ1n) is 11.7. The van der Waals surface area contributed by atoms with E-state index >= 15 is 0 Å². The number of ether oxygens (including phenoxy) is 3. The maximum Gasteiger partial charge on any atom is 0.0829 e. The lowest BCUT2D eigenvalue weighted by Crippen LogP contribution is -2.59. The lowest BCUT2D eigenvalue weighted by atomic mass is 9.78. The number of hydrogen-bond acceptors (Lipinski definition) is 4. The molecular formula is C24H45NO3. The molecule has 1 aliphatic heterocycles. The highest BCUT2D eigenvalue weighted by Crippen LogP contribution is 2.52. The molecule has 2 unspecified atom stereocenters. The first-order valence-corrected chi connectivity index (χ1v) is 11.7. The van der Waals surface area contributed by atoms with Crippen LogP contribution in [-0.4, -0.2) is 62.2 Å². The smallest absolute Gasteiger partial charge is 0.0829 e. The highest BCUT2D eigenvalue weighted by Gasteiger charge is 2.48. The molecule has 1 heterocycles. The second-order valence-electron chi connectivity index (χ2n) is 11.7. The van der Waals surface area contributed by atoms with Crippen LogP contribution in [0.1, 0.15) is 73.6 Å². The van der Waals surface area contributed by atoms with Gasteiger partial charge in [0.2, 0.25) is 0 Å². The highest BCUT2D eigenvalue weighted by atomic mass is 16.5. The molecule has 0 bridgehead atoms. The lowest BCUT2D eigenvalue weighted by Gasteiger charge is -2.47. The monoisotopic (exact) mass is 395 g/mol. The van der Waals surface area contributed by atoms with Gasteiger partial charge in [-0.15, -0.1) is 0 Å². The third kappa shape index (κ3) is 6.97. The summed E-state index contributed by atoms with van der Waals surface area (Å²) in [6, 6.07) is 0. The van der Waals surface area contributed by atoms with Gasteiger partial charge in [0.15, 0.2) is 0 Å². The second kappa shape index (κ2) is 9.32. The zero-order valence-corrected chi connectivity index (χ0v) is 19.3. The van der Waals surface area contributed by atoms with Crippen LogP contribution >= 0.6 is 0 Å². The van der Waals surface area contributed by atoms with Crippen LogP contribution in [-0.2, 0) is 14.2 Å². The quantitative estimate of drug-likeness (QED) is 0.472. The maximum absolute atomic E-state index is 6.03. The Kier molecular flexibility index (Phi) is 7.50. The summed E-state index contributed by atoms with van der Waals surface area (Å²) in [5, 5.41) is 0. The van der Waals surface area contributed by atoms with Crippen molar-refractivity contribution in [3.63, 3.8) is 0 Å². The van der Waals surface area contributed by atoms with Gasteiger partial charge in [-0.05, 0) is 76.0 Å². The average Bonchev–Trinajstić information content (AvgIpc) is 3.23. The summed E-state index contributed by atoms with van der Waals surface area (Å²) in [5.74, 6) is 2.65. The van der Waals surface area contributed by atoms with E-state index in [0.717, 1.165) is 70.1 Å². The fraction of sp³-hybridized carbons (Fsp3) is 1.00. The van der Waals surface area contributed by atoms with Crippen LogP contribution in [0.2, 0.25) is 0 Å². The van der Waals surface area contributed by atoms with Gasteiger partial charge in [-0.25, -0.2) is 0 Å². The average molecular weight is 396 g/mol. The second-order valence-corrected chi connectivity index (χ2v) is 11.7. The molecule has 0 N–H and O–H groups in total. The third-order valence-electron chi connectivity index (χ3n) is 6.63. The van der Waals surface area contributed by atoms with Gasteiger partial charge in [-0.1, -0.05) is 20.8 Å². The molecule has 28 heavy (non-hydrogen) atoms. The van der Waals surface area contributed by atoms with E-state index in [0.29, 0.717) is 12.2 Å². The van der Waals surface area contributed by atoms with Crippen molar-refractivity contribution in [3.05, 3.63) is 0 Å². The molecule has 3 rings (SSSR count). The van der Waals surface area contributed by atoms with Crippen molar-refractivity contribution in [2.75, 3.05) is 39.5 Å². The van der Waals surface area contributed by atoms with E-state index in [1.165, 1.54) is 19.3 Å². The fourth-order valence-electron chi connectivity index (χ4n) is 4.38. The van der Waals surface area contributed by atoms with Crippen molar-refractivity contribution in [2.24, 2.45) is 23.2 Å². The Hall–Kier alpha value is -0.160. The van der Waals surface area contributed by atoms with Gasteiger partial charge in [0, 0.05) is 38.4 Å². The van der Waals surface area contributed by atoms with Gasteiger partial charge in [-0.2, -0.15) is 0 Å². The van der Waals surface area contributed by atoms with E-state index in [4.69, 9.17) is 14.2 Å². The number of unbranched alkanes of at least 4 members (excludes halogenated alkanes) is 1. The largest absolute Gasteiger partial charge is 0.381 e. The van der Waals surface area contributed by atoms with Crippen molar-refractivity contribution in [1.82, 2.24) is 4.90 Å². The van der Waals surface area contributed by atoms with Crippen molar-refractivity contribution >= 4 is 0 Å². The summed E-state index contributed by atoms with van der Waals surface area (Å²) in [7, 11) is 0. The Labute approximate surface area is 173 Å². The molecule has 2 aliphatic carbocycles. The van der Waals surface area contributed by atoms with Crippen LogP contribution in [0.4, 0.5) is 0 Å². The number of hydrogen-bond donors (Lipinski definition) is 0. The molecule has 0 amide bonds. The third-order valence-corrected chi connectivity index (χ3v) is 6.63. The molecule has 0 aromatic rings. The molecule has 164 valence electrons. The van der Waals surface area contributed by atoms with Crippen molar-refractivity contribution in [2.45, 2.75) is 91.4 Å². The molecule has 4 heteroatoms. The Bertz CT molecular complexity index is 469. The minimum Gasteiger partial charge on any atom is -0.381 e. The molecule has 4 nitrogen and oxygen atoms in total. The normalized spacial score (nSPS) is 31.5. The standard InChI is InChI=1S/C24H45NO3/c1-23(2,3)17-28-20-11-18(12-20)22-13-19(22)16-26-9-7-8-10-27-21-14-25(15-21)24(4,5)6/h18-22H,7-17H2,1-6H3. The van der Waals surface area contributed by atoms with Crippen LogP contribution in [0.15, 0.2) is 0 Å². The predicted molar refractivity (Wildman–Crippen MR) is 115 cm³/mol. The van der Waals surface area contributed by atoms with Gasteiger partial charge < -0.3 is 14.2 Å². The first kappa shape index (κ1) is 22.5. The van der Waals surface area contributed by atoms with E-state index in [1.807, 2.05) is 0 Å². The summed E-state index contributed by atoms with van der Waals surface area (Å²) >= 11 is 0. The van der Waals surface area contributed by atoms with Gasteiger partial charge in [0.05, 0.1) is 18.8 Å². The van der Waals surface area contributed by atoms with Crippen LogP contribution in [0.25, 0.3) is 0 Å². The Morgan fingerprint density at radius 3 is 2.14 bits per heavy atom. The molecule has 0 aromatic carbocycles. The first-order chi connectivity index (χ1) is 13.1. The maximum atomic E-state index is 6.03. The Morgan fingerprint density at radius 1 is 0.821 bits per heavy atom. The van der Waals surface area contributed by atoms with Crippen LogP contribution in [0.5, 0.6) is 0 Å². The Balaban J connectivity index is 1.10. The number of likely N-dealkylation sites (tertiary alicyclic amines) is 1. The zero-order valence-electron chi connectivity index (χ0n) is 19.3. The lowest BCUT2D eigenvalue weighted by molar-refractivity contribution is -0.0898. The fourth-order valence-corrected chi connectivity index (χ4v) is 4.38. The van der Waals surface area contributed by atoms with Crippen molar-refractivity contribution in [1.29, 1.82) is 0 Å². The number of rotatable bonds is 11. The Morgan fingerprint density at radius 2 is 1.50 bits per heavy atom. The minimum absolute atomic E-state index is 0.286. The van der Waals surface area contributed by atoms with E-state index in [2.05, 4.69) is 46.4 Å². The number of nitrogens with zero attached hydrogens (tertiary/aromatic N) is 1. The summed E-state index contributed by atoms with van der Waals surface area (Å²) in [6.07, 6.45) is 7.16. The molecular weight excluding hydrogens is 350 g/mol. The van der Waals surface area contributed by atoms with Gasteiger partial charge in [0.25, 0.3) is 0 Å². The van der Waals surface area contributed by atoms with Crippen LogP contribution in [0.3, 0.4) is 0 Å². The summed E-state index contributed by atoms with van der Waals surface area (Å²) in [6.45, 7) is 19.4. The molecule has 2 saturated carbocycles. The van der Waals surface area contributed by atoms with Crippen LogP contribution < -0.4 is 0 Å². The molecule has 3 aliphatic rings. The van der Waals surface area contributed by atoms with E-state index in [-0.39, 0.29) is 11.0 Å². The summed E-state index contributed by atoms with van der Waals surface area (Å²) in [4.78, 5) is 2.48. The molecule has 0 spiro atoms. The van der Waals surface area contributed by atoms with Crippen LogP contribution in [0, 0.1) is 23.2 Å². The van der Waals surface area contributed by atoms with Crippen molar-refractivity contribution < 1.29 is 14.2 Å². The topological polar surface area (TPSA) is 30.9 Å². The molecule has 0 aromatic heterocycles. The SMILES string of the molecule is CC(C)(C)COC1CC(C2CC2COCCCCOC2CN(C(C)(C)C)C2)C1. The molecule has 2 atom stereocenters. The summed E-state index contributed by atoms with van der Waals surface area (Å²) < 4.78 is 17.9. The minimum atomic E-state index is 0.286. The van der Waals surface area contributed by atoms with Gasteiger partial charge in [0.1, 0.15) is 0 Å². The molecule has 0 radical (unpaired) electrons. The van der Waals surface area contributed by atoms with E-state index in [9.17, 15) is 0 Å². The molecule has 1 saturated heterocycles. The van der Waals surface area contributed by atoms with E-state index < -0.39 is 0 Å². The highest BCUT2D eigenvalue weighted by molar-refractivity contribution is 4.97. The van der Waals surface area contributed by atoms with Gasteiger partial charge >= 0.3 is 0 Å². The van der Waals surface area contributed by atoms with Crippen molar-refractivity contribution in [3.8, 4) is 0 Å². The predicted octanol–water partition coefficient (Wildman–Crippen LogP) is 4.76.